The van der Waals surface area contributed by atoms with Crippen molar-refractivity contribution in [3.63, 3.8) is 0 Å². The SMILES string of the molecule is Cc1cccc(N2CCOC2c2ccn(-c3ccccc3C)c2)c1. The van der Waals surface area contributed by atoms with Crippen LogP contribution in [0.4, 0.5) is 5.69 Å². The van der Waals surface area contributed by atoms with E-state index in [2.05, 4.69) is 90.3 Å². The van der Waals surface area contributed by atoms with Crippen molar-refractivity contribution in [2.45, 2.75) is 20.1 Å². The molecule has 1 aromatic heterocycles. The zero-order chi connectivity index (χ0) is 16.5. The number of rotatable bonds is 3. The summed E-state index contributed by atoms with van der Waals surface area (Å²) in [5, 5.41) is 0. The van der Waals surface area contributed by atoms with Gasteiger partial charge in [-0.2, -0.15) is 0 Å². The molecule has 24 heavy (non-hydrogen) atoms. The second-order valence-corrected chi connectivity index (χ2v) is 6.39. The normalized spacial score (nSPS) is 17.4. The third-order valence-electron chi connectivity index (χ3n) is 4.62. The number of hydrogen-bond acceptors (Lipinski definition) is 2. The molecule has 122 valence electrons. The topological polar surface area (TPSA) is 17.4 Å². The lowest BCUT2D eigenvalue weighted by Crippen LogP contribution is -2.23. The minimum absolute atomic E-state index is 0.0166. The summed E-state index contributed by atoms with van der Waals surface area (Å²) in [7, 11) is 0. The van der Waals surface area contributed by atoms with Gasteiger partial charge in [0, 0.05) is 35.9 Å². The number of nitrogens with zero attached hydrogens (tertiary/aromatic N) is 2. The maximum Gasteiger partial charge on any atom is 0.158 e. The number of hydrogen-bond donors (Lipinski definition) is 0. The lowest BCUT2D eigenvalue weighted by Gasteiger charge is -2.25. The molecule has 0 bridgehead atoms. The van der Waals surface area contributed by atoms with Crippen LogP contribution in [0, 0.1) is 13.8 Å². The van der Waals surface area contributed by atoms with Crippen LogP contribution >= 0.6 is 0 Å². The van der Waals surface area contributed by atoms with E-state index in [9.17, 15) is 0 Å². The fraction of sp³-hybridized carbons (Fsp3) is 0.238. The Morgan fingerprint density at radius 1 is 1.00 bits per heavy atom. The molecule has 0 amide bonds. The second-order valence-electron chi connectivity index (χ2n) is 6.39. The predicted octanol–water partition coefficient (Wildman–Crippen LogP) is 4.63. The molecule has 0 N–H and O–H groups in total. The number of aromatic nitrogens is 1. The van der Waals surface area contributed by atoms with E-state index in [4.69, 9.17) is 4.74 Å². The van der Waals surface area contributed by atoms with Crippen molar-refractivity contribution in [1.82, 2.24) is 4.57 Å². The molecule has 0 aliphatic carbocycles. The summed E-state index contributed by atoms with van der Waals surface area (Å²) in [5.41, 5.74) is 6.17. The Hall–Kier alpha value is -2.52. The average molecular weight is 318 g/mol. The van der Waals surface area contributed by atoms with Gasteiger partial charge in [-0.1, -0.05) is 30.3 Å². The van der Waals surface area contributed by atoms with E-state index >= 15 is 0 Å². The monoisotopic (exact) mass is 318 g/mol. The van der Waals surface area contributed by atoms with Crippen molar-refractivity contribution >= 4 is 5.69 Å². The molecule has 4 rings (SSSR count). The second kappa shape index (κ2) is 6.17. The quantitative estimate of drug-likeness (QED) is 0.700. The van der Waals surface area contributed by atoms with Crippen LogP contribution in [-0.4, -0.2) is 17.7 Å². The maximum atomic E-state index is 6.04. The maximum absolute atomic E-state index is 6.04. The fourth-order valence-corrected chi connectivity index (χ4v) is 3.38. The summed E-state index contributed by atoms with van der Waals surface area (Å²) in [4.78, 5) is 2.34. The van der Waals surface area contributed by atoms with Crippen LogP contribution in [0.5, 0.6) is 0 Å². The smallest absolute Gasteiger partial charge is 0.158 e. The van der Waals surface area contributed by atoms with Gasteiger partial charge in [0.05, 0.1) is 6.61 Å². The molecule has 1 aliphatic heterocycles. The van der Waals surface area contributed by atoms with E-state index in [0.717, 1.165) is 13.2 Å². The molecule has 0 saturated carbocycles. The molecule has 1 fully saturated rings. The van der Waals surface area contributed by atoms with Crippen molar-refractivity contribution in [2.75, 3.05) is 18.1 Å². The van der Waals surface area contributed by atoms with Crippen LogP contribution in [0.2, 0.25) is 0 Å². The highest BCUT2D eigenvalue weighted by Crippen LogP contribution is 2.33. The van der Waals surface area contributed by atoms with E-state index in [1.54, 1.807) is 0 Å². The van der Waals surface area contributed by atoms with Crippen molar-refractivity contribution in [1.29, 1.82) is 0 Å². The first kappa shape index (κ1) is 15.0. The van der Waals surface area contributed by atoms with Crippen LogP contribution in [-0.2, 0) is 4.74 Å². The molecular formula is C21H22N2O. The van der Waals surface area contributed by atoms with Crippen molar-refractivity contribution in [3.8, 4) is 5.69 Å². The van der Waals surface area contributed by atoms with Gasteiger partial charge in [-0.05, 0) is 49.2 Å². The molecule has 1 atom stereocenters. The number of benzene rings is 2. The molecule has 2 heterocycles. The van der Waals surface area contributed by atoms with Crippen molar-refractivity contribution < 1.29 is 4.74 Å². The molecule has 1 aliphatic rings. The first-order chi connectivity index (χ1) is 11.7. The Morgan fingerprint density at radius 3 is 2.71 bits per heavy atom. The van der Waals surface area contributed by atoms with Gasteiger partial charge in [0.2, 0.25) is 0 Å². The Kier molecular flexibility index (Phi) is 3.87. The van der Waals surface area contributed by atoms with Gasteiger partial charge >= 0.3 is 0 Å². The van der Waals surface area contributed by atoms with Crippen LogP contribution in [0.25, 0.3) is 5.69 Å². The largest absolute Gasteiger partial charge is 0.352 e. The van der Waals surface area contributed by atoms with Crippen LogP contribution < -0.4 is 4.90 Å². The van der Waals surface area contributed by atoms with Crippen LogP contribution in [0.15, 0.2) is 67.0 Å². The van der Waals surface area contributed by atoms with Gasteiger partial charge in [-0.25, -0.2) is 0 Å². The summed E-state index contributed by atoms with van der Waals surface area (Å²) >= 11 is 0. The van der Waals surface area contributed by atoms with Crippen molar-refractivity contribution in [2.24, 2.45) is 0 Å². The van der Waals surface area contributed by atoms with E-state index < -0.39 is 0 Å². The summed E-state index contributed by atoms with van der Waals surface area (Å²) in [5.74, 6) is 0. The lowest BCUT2D eigenvalue weighted by molar-refractivity contribution is 0.114. The first-order valence-corrected chi connectivity index (χ1v) is 8.41. The molecule has 3 heteroatoms. The number of ether oxygens (including phenoxy) is 1. The molecule has 1 unspecified atom stereocenters. The summed E-state index contributed by atoms with van der Waals surface area (Å²) < 4.78 is 8.22. The zero-order valence-corrected chi connectivity index (χ0v) is 14.1. The Bertz CT molecular complexity index is 852. The molecule has 0 radical (unpaired) electrons. The third kappa shape index (κ3) is 2.72. The van der Waals surface area contributed by atoms with Crippen molar-refractivity contribution in [3.05, 3.63) is 83.7 Å². The number of anilines is 1. The third-order valence-corrected chi connectivity index (χ3v) is 4.62. The molecule has 0 spiro atoms. The molecular weight excluding hydrogens is 296 g/mol. The molecule has 1 saturated heterocycles. The Morgan fingerprint density at radius 2 is 1.88 bits per heavy atom. The Labute approximate surface area is 143 Å². The van der Waals surface area contributed by atoms with Gasteiger partial charge in [0.25, 0.3) is 0 Å². The van der Waals surface area contributed by atoms with E-state index in [1.165, 1.54) is 28.1 Å². The van der Waals surface area contributed by atoms with E-state index in [1.807, 2.05) is 0 Å². The highest BCUT2D eigenvalue weighted by molar-refractivity contribution is 5.51. The predicted molar refractivity (Wildman–Crippen MR) is 97.7 cm³/mol. The lowest BCUT2D eigenvalue weighted by atomic mass is 10.2. The molecule has 2 aromatic carbocycles. The van der Waals surface area contributed by atoms with E-state index in [0.29, 0.717) is 0 Å². The first-order valence-electron chi connectivity index (χ1n) is 8.41. The average Bonchev–Trinajstić information content (AvgIpc) is 3.24. The van der Waals surface area contributed by atoms with Gasteiger partial charge in [0.15, 0.2) is 6.23 Å². The molecule has 3 nitrogen and oxygen atoms in total. The van der Waals surface area contributed by atoms with E-state index in [-0.39, 0.29) is 6.23 Å². The summed E-state index contributed by atoms with van der Waals surface area (Å²) in [6.45, 7) is 5.95. The Balaban J connectivity index is 1.65. The highest BCUT2D eigenvalue weighted by Gasteiger charge is 2.28. The summed E-state index contributed by atoms with van der Waals surface area (Å²) in [6.07, 6.45) is 4.28. The minimum Gasteiger partial charge on any atom is -0.352 e. The highest BCUT2D eigenvalue weighted by atomic mass is 16.5. The van der Waals surface area contributed by atoms with Gasteiger partial charge in [-0.3, -0.25) is 0 Å². The zero-order valence-electron chi connectivity index (χ0n) is 14.1. The standard InChI is InChI=1S/C21H22N2O/c1-16-6-5-8-19(14-16)23-12-13-24-21(23)18-10-11-22(15-18)20-9-4-3-7-17(20)2/h3-11,14-15,21H,12-13H2,1-2H3. The van der Waals surface area contributed by atoms with Crippen LogP contribution in [0.3, 0.4) is 0 Å². The fourth-order valence-electron chi connectivity index (χ4n) is 3.38. The number of aryl methyl sites for hydroxylation is 2. The minimum atomic E-state index is -0.0166. The molecule has 3 aromatic rings. The van der Waals surface area contributed by atoms with Crippen LogP contribution in [0.1, 0.15) is 22.9 Å². The summed E-state index contributed by atoms with van der Waals surface area (Å²) in [6, 6.07) is 19.2. The number of para-hydroxylation sites is 1. The van der Waals surface area contributed by atoms with Gasteiger partial charge < -0.3 is 14.2 Å². The van der Waals surface area contributed by atoms with Gasteiger partial charge in [-0.15, -0.1) is 0 Å². The van der Waals surface area contributed by atoms with Gasteiger partial charge in [0.1, 0.15) is 0 Å².